The molecule has 1 atom stereocenters. The Morgan fingerprint density at radius 3 is 2.03 bits per heavy atom. The topological polar surface area (TPSA) is 76.7 Å². The highest BCUT2D eigenvalue weighted by molar-refractivity contribution is 5.94. The number of nitrogens with one attached hydrogen (secondary N) is 2. The second-order valence-corrected chi connectivity index (χ2v) is 10.4. The van der Waals surface area contributed by atoms with Crippen molar-refractivity contribution in [2.24, 2.45) is 0 Å². The Kier molecular flexibility index (Phi) is 7.88. The number of carbonyl (C=O) groups excluding carboxylic acids is 2. The van der Waals surface area contributed by atoms with E-state index in [-0.39, 0.29) is 12.0 Å². The monoisotopic (exact) mass is 406 g/mol. The summed E-state index contributed by atoms with van der Waals surface area (Å²) in [7, 11) is 0. The lowest BCUT2D eigenvalue weighted by atomic mass is 9.84. The average molecular weight is 407 g/mol. The second kappa shape index (κ2) is 9.16. The van der Waals surface area contributed by atoms with Gasteiger partial charge in [0.25, 0.3) is 0 Å². The quantitative estimate of drug-likeness (QED) is 0.679. The van der Waals surface area contributed by atoms with Crippen LogP contribution in [0.2, 0.25) is 0 Å². The third-order valence-electron chi connectivity index (χ3n) is 4.00. The molecule has 0 saturated carbocycles. The van der Waals surface area contributed by atoms with Crippen molar-refractivity contribution in [1.29, 1.82) is 0 Å². The Morgan fingerprint density at radius 1 is 0.966 bits per heavy atom. The highest BCUT2D eigenvalue weighted by atomic mass is 16.6. The molecule has 0 aliphatic carbocycles. The van der Waals surface area contributed by atoms with E-state index in [1.807, 2.05) is 45.9 Å². The van der Waals surface area contributed by atoms with Gasteiger partial charge in [0.05, 0.1) is 12.2 Å². The van der Waals surface area contributed by atoms with Gasteiger partial charge < -0.3 is 20.1 Å². The number of anilines is 1. The fourth-order valence-electron chi connectivity index (χ4n) is 2.64. The highest BCUT2D eigenvalue weighted by Crippen LogP contribution is 2.31. The molecule has 1 aromatic carbocycles. The minimum Gasteiger partial charge on any atom is -0.458 e. The lowest BCUT2D eigenvalue weighted by molar-refractivity contribution is -0.160. The molecule has 0 bridgehead atoms. The number of ether oxygens (including phenoxy) is 2. The number of hydrogen-bond donors (Lipinski definition) is 2. The molecular weight excluding hydrogens is 368 g/mol. The average Bonchev–Trinajstić information content (AvgIpc) is 2.49. The Balaban J connectivity index is 3.02. The van der Waals surface area contributed by atoms with Gasteiger partial charge in [-0.25, -0.2) is 9.59 Å². The maximum absolute atomic E-state index is 12.8. The number of rotatable bonds is 5. The van der Waals surface area contributed by atoms with Crippen molar-refractivity contribution < 1.29 is 19.1 Å². The van der Waals surface area contributed by atoms with Crippen molar-refractivity contribution in [2.75, 3.05) is 11.9 Å². The van der Waals surface area contributed by atoms with Gasteiger partial charge in [-0.15, -0.1) is 0 Å². The Morgan fingerprint density at radius 2 is 1.55 bits per heavy atom. The van der Waals surface area contributed by atoms with Gasteiger partial charge in [0.1, 0.15) is 5.60 Å². The first kappa shape index (κ1) is 25.0. The molecule has 6 heteroatoms. The summed E-state index contributed by atoms with van der Waals surface area (Å²) < 4.78 is 11.2. The summed E-state index contributed by atoms with van der Waals surface area (Å²) >= 11 is 0. The van der Waals surface area contributed by atoms with Crippen LogP contribution in [0, 0.1) is 6.92 Å². The number of urea groups is 1. The van der Waals surface area contributed by atoms with Gasteiger partial charge in [-0.1, -0.05) is 39.0 Å². The maximum Gasteiger partial charge on any atom is 0.331 e. The summed E-state index contributed by atoms with van der Waals surface area (Å²) in [5.41, 5.74) is 1.46. The maximum atomic E-state index is 12.8. The van der Waals surface area contributed by atoms with Gasteiger partial charge in [-0.3, -0.25) is 0 Å². The van der Waals surface area contributed by atoms with Gasteiger partial charge in [-0.05, 0) is 65.0 Å². The van der Waals surface area contributed by atoms with E-state index >= 15 is 0 Å². The third-order valence-corrected chi connectivity index (χ3v) is 4.00. The van der Waals surface area contributed by atoms with Crippen LogP contribution in [-0.4, -0.2) is 35.9 Å². The molecule has 2 amide bonds. The van der Waals surface area contributed by atoms with Crippen molar-refractivity contribution >= 4 is 17.7 Å². The molecule has 1 unspecified atom stereocenters. The van der Waals surface area contributed by atoms with Crippen LogP contribution in [0.15, 0.2) is 18.2 Å². The van der Waals surface area contributed by atoms with Crippen LogP contribution in [0.1, 0.15) is 73.4 Å². The Bertz CT molecular complexity index is 722. The molecule has 0 spiro atoms. The summed E-state index contributed by atoms with van der Waals surface area (Å²) in [5, 5.41) is 5.63. The van der Waals surface area contributed by atoms with E-state index in [9.17, 15) is 9.59 Å². The van der Waals surface area contributed by atoms with Gasteiger partial charge >= 0.3 is 12.0 Å². The molecule has 0 heterocycles. The van der Waals surface area contributed by atoms with Crippen LogP contribution >= 0.6 is 0 Å². The number of benzene rings is 1. The zero-order valence-electron chi connectivity index (χ0n) is 19.6. The van der Waals surface area contributed by atoms with Gasteiger partial charge in [0.15, 0.2) is 6.04 Å². The first-order chi connectivity index (χ1) is 13.0. The highest BCUT2D eigenvalue weighted by Gasteiger charge is 2.29. The molecule has 2 N–H and O–H groups in total. The summed E-state index contributed by atoms with van der Waals surface area (Å²) in [4.78, 5) is 25.4. The zero-order chi connectivity index (χ0) is 22.6. The number of aryl methyl sites for hydroxylation is 1. The molecule has 1 aromatic rings. The molecule has 6 nitrogen and oxygen atoms in total. The van der Waals surface area contributed by atoms with Crippen molar-refractivity contribution in [3.8, 4) is 0 Å². The third kappa shape index (κ3) is 8.86. The van der Waals surface area contributed by atoms with Crippen molar-refractivity contribution in [3.63, 3.8) is 0 Å². The molecule has 0 fully saturated rings. The summed E-state index contributed by atoms with van der Waals surface area (Å²) in [5.74, 6) is -0.530. The molecule has 0 aliphatic rings. The molecule has 0 saturated heterocycles. The minimum absolute atomic E-state index is 0.0196. The van der Waals surface area contributed by atoms with E-state index in [0.717, 1.165) is 16.8 Å². The molecule has 29 heavy (non-hydrogen) atoms. The van der Waals surface area contributed by atoms with Crippen molar-refractivity contribution in [2.45, 2.75) is 91.9 Å². The number of hydrogen-bond acceptors (Lipinski definition) is 4. The predicted octanol–water partition coefficient (Wildman–Crippen LogP) is 4.94. The SMILES string of the molecule is Cc1cccc(C(C)(C)C)c1NC(=O)NC(COC(C)(C)C)C(=O)OC(C)(C)C. The Labute approximate surface area is 175 Å². The smallest absolute Gasteiger partial charge is 0.331 e. The Hall–Kier alpha value is -2.08. The van der Waals surface area contributed by atoms with Gasteiger partial charge in [0, 0.05) is 5.69 Å². The van der Waals surface area contributed by atoms with Crippen molar-refractivity contribution in [1.82, 2.24) is 5.32 Å². The van der Waals surface area contributed by atoms with E-state index in [4.69, 9.17) is 9.47 Å². The zero-order valence-corrected chi connectivity index (χ0v) is 19.6. The van der Waals surface area contributed by atoms with E-state index in [2.05, 4.69) is 31.4 Å². The normalized spacial score (nSPS) is 13.6. The van der Waals surface area contributed by atoms with Crippen molar-refractivity contribution in [3.05, 3.63) is 29.3 Å². The van der Waals surface area contributed by atoms with Crippen LogP contribution in [0.25, 0.3) is 0 Å². The molecule has 164 valence electrons. The van der Waals surface area contributed by atoms with Crippen LogP contribution in [0.4, 0.5) is 10.5 Å². The van der Waals surface area contributed by atoms with Crippen LogP contribution in [-0.2, 0) is 19.7 Å². The van der Waals surface area contributed by atoms with E-state index in [0.29, 0.717) is 0 Å². The van der Waals surface area contributed by atoms with Gasteiger partial charge in [-0.2, -0.15) is 0 Å². The minimum atomic E-state index is -0.921. The lowest BCUT2D eigenvalue weighted by Crippen LogP contribution is -2.49. The summed E-state index contributed by atoms with van der Waals surface area (Å²) in [6.45, 7) is 19.3. The summed E-state index contributed by atoms with van der Waals surface area (Å²) in [6.07, 6.45) is 0. The lowest BCUT2D eigenvalue weighted by Gasteiger charge is -2.28. The van der Waals surface area contributed by atoms with Crippen LogP contribution in [0.3, 0.4) is 0 Å². The number of para-hydroxylation sites is 1. The van der Waals surface area contributed by atoms with Gasteiger partial charge in [0.2, 0.25) is 0 Å². The fraction of sp³-hybridized carbons (Fsp3) is 0.652. The molecule has 0 aromatic heterocycles. The first-order valence-corrected chi connectivity index (χ1v) is 10.0. The first-order valence-electron chi connectivity index (χ1n) is 10.0. The molecular formula is C23H38N2O4. The largest absolute Gasteiger partial charge is 0.458 e. The molecule has 0 radical (unpaired) electrons. The fourth-order valence-corrected chi connectivity index (χ4v) is 2.64. The van der Waals surface area contributed by atoms with E-state index in [1.165, 1.54) is 0 Å². The van der Waals surface area contributed by atoms with E-state index in [1.54, 1.807) is 20.8 Å². The second-order valence-electron chi connectivity index (χ2n) is 10.4. The number of esters is 1. The molecule has 0 aliphatic heterocycles. The number of amides is 2. The summed E-state index contributed by atoms with van der Waals surface area (Å²) in [6, 6.07) is 4.52. The van der Waals surface area contributed by atoms with Crippen LogP contribution in [0.5, 0.6) is 0 Å². The molecule has 1 rings (SSSR count). The standard InChI is InChI=1S/C23H38N2O4/c1-15-12-11-13-16(21(2,3)4)18(15)25-20(27)24-17(14-28-22(5,6)7)19(26)29-23(8,9)10/h11-13,17H,14H2,1-10H3,(H2,24,25,27). The predicted molar refractivity (Wildman–Crippen MR) is 117 cm³/mol. The van der Waals surface area contributed by atoms with E-state index < -0.39 is 29.2 Å². The number of carbonyl (C=O) groups is 2. The van der Waals surface area contributed by atoms with Crippen LogP contribution < -0.4 is 10.6 Å².